The van der Waals surface area contributed by atoms with Crippen molar-refractivity contribution in [2.24, 2.45) is 0 Å². The number of ether oxygens (including phenoxy) is 1. The summed E-state index contributed by atoms with van der Waals surface area (Å²) in [6.07, 6.45) is 6.34. The Labute approximate surface area is 170 Å². The summed E-state index contributed by atoms with van der Waals surface area (Å²) in [6.45, 7) is 3.57. The Bertz CT molecular complexity index is 1090. The van der Waals surface area contributed by atoms with Crippen LogP contribution in [0, 0.1) is 6.92 Å². The summed E-state index contributed by atoms with van der Waals surface area (Å²) in [7, 11) is 1.66. The smallest absolute Gasteiger partial charge is 0.260 e. The first-order chi connectivity index (χ1) is 14.2. The molecule has 150 valence electrons. The van der Waals surface area contributed by atoms with Gasteiger partial charge in [-0.2, -0.15) is 0 Å². The quantitative estimate of drug-likeness (QED) is 0.662. The van der Waals surface area contributed by atoms with E-state index in [1.54, 1.807) is 7.11 Å². The van der Waals surface area contributed by atoms with E-state index in [4.69, 9.17) is 14.7 Å². The van der Waals surface area contributed by atoms with Crippen LogP contribution in [0.1, 0.15) is 53.1 Å². The molecule has 6 heteroatoms. The Balaban J connectivity index is 1.65. The number of nitrogens with zero attached hydrogens (tertiary/aromatic N) is 4. The molecule has 2 aromatic heterocycles. The molecule has 5 rings (SSSR count). The fraction of sp³-hybridized carbons (Fsp3) is 0.435. The summed E-state index contributed by atoms with van der Waals surface area (Å²) in [5, 5.41) is 0. The van der Waals surface area contributed by atoms with Gasteiger partial charge in [0, 0.05) is 25.2 Å². The lowest BCUT2D eigenvalue weighted by Crippen LogP contribution is -2.36. The number of para-hydroxylation sites is 1. The van der Waals surface area contributed by atoms with Crippen LogP contribution in [0.2, 0.25) is 0 Å². The van der Waals surface area contributed by atoms with Crippen molar-refractivity contribution >= 4 is 22.8 Å². The van der Waals surface area contributed by atoms with Gasteiger partial charge in [-0.15, -0.1) is 0 Å². The molecule has 0 saturated heterocycles. The van der Waals surface area contributed by atoms with Crippen molar-refractivity contribution < 1.29 is 9.53 Å². The van der Waals surface area contributed by atoms with E-state index in [1.165, 1.54) is 6.42 Å². The van der Waals surface area contributed by atoms with Gasteiger partial charge in [-0.3, -0.25) is 4.79 Å². The molecule has 0 aliphatic carbocycles. The van der Waals surface area contributed by atoms with Crippen LogP contribution in [-0.2, 0) is 19.4 Å². The van der Waals surface area contributed by atoms with E-state index in [2.05, 4.69) is 10.6 Å². The number of rotatable bonds is 2. The maximum absolute atomic E-state index is 13.8. The lowest BCUT2D eigenvalue weighted by Gasteiger charge is -2.31. The highest BCUT2D eigenvalue weighted by Gasteiger charge is 2.29. The van der Waals surface area contributed by atoms with Gasteiger partial charge >= 0.3 is 0 Å². The van der Waals surface area contributed by atoms with E-state index in [0.29, 0.717) is 12.1 Å². The van der Waals surface area contributed by atoms with Crippen molar-refractivity contribution in [2.75, 3.05) is 18.6 Å². The molecule has 0 radical (unpaired) electrons. The second kappa shape index (κ2) is 7.17. The molecule has 2 aliphatic heterocycles. The molecule has 0 bridgehead atoms. The van der Waals surface area contributed by atoms with Gasteiger partial charge < -0.3 is 14.2 Å². The first kappa shape index (κ1) is 18.2. The molecule has 6 nitrogen and oxygen atoms in total. The van der Waals surface area contributed by atoms with E-state index in [1.807, 2.05) is 30.0 Å². The molecule has 1 amide bonds. The van der Waals surface area contributed by atoms with Gasteiger partial charge in [-0.05, 0) is 50.3 Å². The van der Waals surface area contributed by atoms with Crippen LogP contribution in [0.25, 0.3) is 11.2 Å². The number of methoxy groups -OCH3 is 1. The predicted octanol–water partition coefficient (Wildman–Crippen LogP) is 4.07. The third-order valence-corrected chi connectivity index (χ3v) is 6.07. The third kappa shape index (κ3) is 2.98. The third-order valence-electron chi connectivity index (χ3n) is 6.07. The molecule has 0 saturated carbocycles. The fourth-order valence-corrected chi connectivity index (χ4v) is 4.71. The average molecular weight is 390 g/mol. The molecular weight excluding hydrogens is 364 g/mol. The van der Waals surface area contributed by atoms with Gasteiger partial charge in [-0.25, -0.2) is 9.97 Å². The van der Waals surface area contributed by atoms with Crippen LogP contribution in [0.5, 0.6) is 5.75 Å². The van der Waals surface area contributed by atoms with Crippen LogP contribution < -0.4 is 9.64 Å². The fourth-order valence-electron chi connectivity index (χ4n) is 4.71. The van der Waals surface area contributed by atoms with Crippen molar-refractivity contribution in [2.45, 2.75) is 52.0 Å². The largest absolute Gasteiger partial charge is 0.495 e. The highest BCUT2D eigenvalue weighted by atomic mass is 16.5. The Morgan fingerprint density at radius 3 is 2.83 bits per heavy atom. The van der Waals surface area contributed by atoms with Crippen LogP contribution >= 0.6 is 0 Å². The maximum Gasteiger partial charge on any atom is 0.260 e. The number of fused-ring (bicyclic) bond motifs is 4. The predicted molar refractivity (Wildman–Crippen MR) is 113 cm³/mol. The second-order valence-corrected chi connectivity index (χ2v) is 8.00. The lowest BCUT2D eigenvalue weighted by atomic mass is 10.00. The minimum Gasteiger partial charge on any atom is -0.495 e. The molecule has 29 heavy (non-hydrogen) atoms. The van der Waals surface area contributed by atoms with Crippen molar-refractivity contribution in [1.82, 2.24) is 14.5 Å². The van der Waals surface area contributed by atoms with Gasteiger partial charge in [0.1, 0.15) is 17.1 Å². The zero-order chi connectivity index (χ0) is 20.0. The van der Waals surface area contributed by atoms with E-state index in [-0.39, 0.29) is 5.91 Å². The van der Waals surface area contributed by atoms with Crippen molar-refractivity contribution in [3.05, 3.63) is 46.9 Å². The number of hydrogen-bond donors (Lipinski definition) is 0. The topological polar surface area (TPSA) is 60.2 Å². The number of anilines is 1. The number of aromatic nitrogens is 3. The van der Waals surface area contributed by atoms with Crippen LogP contribution in [0.15, 0.2) is 24.3 Å². The summed E-state index contributed by atoms with van der Waals surface area (Å²) in [4.78, 5) is 25.3. The Morgan fingerprint density at radius 2 is 1.97 bits per heavy atom. The maximum atomic E-state index is 13.8. The van der Waals surface area contributed by atoms with Gasteiger partial charge in [0.2, 0.25) is 0 Å². The molecule has 2 aliphatic rings. The zero-order valence-corrected chi connectivity index (χ0v) is 17.1. The summed E-state index contributed by atoms with van der Waals surface area (Å²) in [5.41, 5.74) is 5.14. The van der Waals surface area contributed by atoms with Crippen LogP contribution in [0.3, 0.4) is 0 Å². The molecule has 0 atom stereocenters. The van der Waals surface area contributed by atoms with E-state index in [0.717, 1.165) is 78.3 Å². The van der Waals surface area contributed by atoms with Crippen molar-refractivity contribution in [3.63, 3.8) is 0 Å². The lowest BCUT2D eigenvalue weighted by molar-refractivity contribution is 0.0985. The summed E-state index contributed by atoms with van der Waals surface area (Å²) in [5.74, 6) is 1.79. The number of carbonyl (C=O) groups is 1. The van der Waals surface area contributed by atoms with Crippen LogP contribution in [-0.4, -0.2) is 34.1 Å². The summed E-state index contributed by atoms with van der Waals surface area (Å²) in [6, 6.07) is 7.90. The Morgan fingerprint density at radius 1 is 1.07 bits per heavy atom. The Hall–Kier alpha value is -2.89. The van der Waals surface area contributed by atoms with Gasteiger partial charge in [0.15, 0.2) is 5.65 Å². The highest BCUT2D eigenvalue weighted by molar-refractivity contribution is 6.13. The number of imidazole rings is 1. The normalized spacial score (nSPS) is 16.3. The molecule has 3 aromatic rings. The molecule has 0 spiro atoms. The van der Waals surface area contributed by atoms with Gasteiger partial charge in [0.25, 0.3) is 5.91 Å². The molecule has 0 fully saturated rings. The first-order valence-electron chi connectivity index (χ1n) is 10.5. The minimum atomic E-state index is -0.0146. The monoisotopic (exact) mass is 390 g/mol. The minimum absolute atomic E-state index is 0.0146. The van der Waals surface area contributed by atoms with Gasteiger partial charge in [0.05, 0.1) is 18.4 Å². The number of hydrogen-bond acceptors (Lipinski definition) is 4. The molecule has 4 heterocycles. The van der Waals surface area contributed by atoms with E-state index in [9.17, 15) is 4.79 Å². The number of carbonyl (C=O) groups excluding carboxylic acids is 1. The van der Waals surface area contributed by atoms with E-state index < -0.39 is 0 Å². The highest BCUT2D eigenvalue weighted by Crippen LogP contribution is 2.37. The SMILES string of the molecule is COc1cccc2c1N(C(=O)c1cc(C)nc3c1nc1n3CCCCC1)CCC2. The van der Waals surface area contributed by atoms with E-state index >= 15 is 0 Å². The summed E-state index contributed by atoms with van der Waals surface area (Å²) < 4.78 is 7.81. The molecular formula is C23H26N4O2. The average Bonchev–Trinajstić information content (AvgIpc) is 2.92. The number of benzene rings is 1. The zero-order valence-electron chi connectivity index (χ0n) is 17.1. The molecule has 0 unspecified atom stereocenters. The first-order valence-corrected chi connectivity index (χ1v) is 10.5. The number of pyridine rings is 1. The van der Waals surface area contributed by atoms with Gasteiger partial charge in [-0.1, -0.05) is 18.6 Å². The second-order valence-electron chi connectivity index (χ2n) is 8.00. The van der Waals surface area contributed by atoms with Crippen molar-refractivity contribution in [1.29, 1.82) is 0 Å². The standard InChI is InChI=1S/C23H26N4O2/c1-15-14-17(20-22(24-15)26-12-5-3-4-11-19(26)25-20)23(28)27-13-7-9-16-8-6-10-18(29-2)21(16)27/h6,8,10,14H,3-5,7,9,11-13H2,1-2H3. The number of aryl methyl sites for hydroxylation is 4. The number of amides is 1. The summed E-state index contributed by atoms with van der Waals surface area (Å²) >= 11 is 0. The van der Waals surface area contributed by atoms with Crippen LogP contribution in [0.4, 0.5) is 5.69 Å². The Kier molecular flexibility index (Phi) is 4.49. The molecule has 0 N–H and O–H groups in total. The molecule has 1 aromatic carbocycles. The van der Waals surface area contributed by atoms with Crippen molar-refractivity contribution in [3.8, 4) is 5.75 Å².